The van der Waals surface area contributed by atoms with Crippen LogP contribution in [0.1, 0.15) is 33.0 Å². The average Bonchev–Trinajstić information content (AvgIpc) is 2.56. The summed E-state index contributed by atoms with van der Waals surface area (Å²) in [5, 5.41) is 18.1. The Morgan fingerprint density at radius 3 is 2.38 bits per heavy atom. The summed E-state index contributed by atoms with van der Waals surface area (Å²) in [6, 6.07) is 9.06. The normalized spacial score (nSPS) is 12.8. The van der Waals surface area contributed by atoms with E-state index < -0.39 is 18.1 Å². The van der Waals surface area contributed by atoms with Gasteiger partial charge in [0.1, 0.15) is 6.07 Å². The summed E-state index contributed by atoms with van der Waals surface area (Å²) >= 11 is 11.5. The number of alkyl halides is 3. The molecule has 1 unspecified atom stereocenters. The smallest absolute Gasteiger partial charge is 0.399 e. The number of aromatic carboxylic acids is 1. The van der Waals surface area contributed by atoms with Crippen molar-refractivity contribution in [2.45, 2.75) is 12.1 Å². The molecule has 2 aromatic rings. The molecule has 1 atom stereocenters. The third kappa shape index (κ3) is 4.57. The van der Waals surface area contributed by atoms with E-state index in [1.807, 2.05) is 0 Å². The van der Waals surface area contributed by atoms with Gasteiger partial charge in [-0.05, 0) is 35.4 Å². The number of carboxylic acids is 1. The van der Waals surface area contributed by atoms with Crippen LogP contribution in [-0.4, -0.2) is 17.3 Å². The maximum absolute atomic E-state index is 13.4. The van der Waals surface area contributed by atoms with E-state index >= 15 is 0 Å². The Balaban J connectivity index is 2.42. The molecule has 0 saturated heterocycles. The van der Waals surface area contributed by atoms with Crippen molar-refractivity contribution in [3.05, 3.63) is 74.8 Å². The molecule has 0 saturated carbocycles. The predicted molar refractivity (Wildman–Crippen MR) is 92.4 cm³/mol. The fourth-order valence-electron chi connectivity index (χ4n) is 2.27. The highest BCUT2D eigenvalue weighted by atomic mass is 35.5. The topological polar surface area (TPSA) is 61.1 Å². The van der Waals surface area contributed by atoms with Gasteiger partial charge in [-0.1, -0.05) is 47.5 Å². The van der Waals surface area contributed by atoms with Gasteiger partial charge in [0.05, 0.1) is 27.1 Å². The maximum atomic E-state index is 13.4. The van der Waals surface area contributed by atoms with Crippen molar-refractivity contribution in [2.24, 2.45) is 0 Å². The van der Waals surface area contributed by atoms with Gasteiger partial charge in [0.2, 0.25) is 0 Å². The highest BCUT2D eigenvalue weighted by Crippen LogP contribution is 2.38. The number of nitrogens with zero attached hydrogens (tertiary/aromatic N) is 1. The molecule has 0 bridgehead atoms. The van der Waals surface area contributed by atoms with Crippen molar-refractivity contribution in [3.8, 4) is 6.07 Å². The minimum absolute atomic E-state index is 0.00407. The SMILES string of the molecule is N#Cc1cc(/C=C/C(c2ccc(Cl)c(Cl)c2)C(F)(F)F)ccc1C(=O)O. The van der Waals surface area contributed by atoms with E-state index in [1.165, 1.54) is 36.4 Å². The van der Waals surface area contributed by atoms with E-state index in [1.54, 1.807) is 6.07 Å². The number of allylic oxidation sites excluding steroid dienone is 1. The molecule has 26 heavy (non-hydrogen) atoms. The average molecular weight is 400 g/mol. The third-order valence-corrected chi connectivity index (χ3v) is 4.27. The Bertz CT molecular complexity index is 918. The van der Waals surface area contributed by atoms with Crippen molar-refractivity contribution in [1.29, 1.82) is 5.26 Å². The number of carboxylic acid groups (broad SMARTS) is 1. The van der Waals surface area contributed by atoms with Crippen molar-refractivity contribution in [2.75, 3.05) is 0 Å². The number of halogens is 5. The van der Waals surface area contributed by atoms with E-state index in [0.717, 1.165) is 12.1 Å². The molecule has 2 aromatic carbocycles. The van der Waals surface area contributed by atoms with Gasteiger partial charge in [0, 0.05) is 0 Å². The largest absolute Gasteiger partial charge is 0.478 e. The minimum atomic E-state index is -4.58. The zero-order chi connectivity index (χ0) is 19.5. The van der Waals surface area contributed by atoms with Gasteiger partial charge in [-0.15, -0.1) is 0 Å². The first kappa shape index (κ1) is 19.8. The fraction of sp³-hybridized carbons (Fsp3) is 0.111. The predicted octanol–water partition coefficient (Wildman–Crippen LogP) is 5.92. The van der Waals surface area contributed by atoms with Crippen molar-refractivity contribution in [1.82, 2.24) is 0 Å². The van der Waals surface area contributed by atoms with Gasteiger partial charge in [0.15, 0.2) is 0 Å². The highest BCUT2D eigenvalue weighted by molar-refractivity contribution is 6.42. The molecule has 8 heteroatoms. The molecule has 3 nitrogen and oxygen atoms in total. The first-order chi connectivity index (χ1) is 12.1. The molecule has 1 N–H and O–H groups in total. The van der Waals surface area contributed by atoms with E-state index in [9.17, 15) is 18.0 Å². The Morgan fingerprint density at radius 1 is 1.15 bits per heavy atom. The number of rotatable bonds is 4. The summed E-state index contributed by atoms with van der Waals surface area (Å²) in [4.78, 5) is 11.0. The standard InChI is InChI=1S/C18H10Cl2F3NO2/c19-15-6-3-11(8-16(15)20)14(18(21,22)23)5-2-10-1-4-13(17(25)26)12(7-10)9-24/h1-8,14H,(H,25,26)/b5-2+. The van der Waals surface area contributed by atoms with Gasteiger partial charge in [0.25, 0.3) is 0 Å². The molecule has 2 rings (SSSR count). The van der Waals surface area contributed by atoms with E-state index in [-0.39, 0.29) is 32.3 Å². The molecule has 0 radical (unpaired) electrons. The molecule has 0 aliphatic carbocycles. The van der Waals surface area contributed by atoms with Crippen LogP contribution < -0.4 is 0 Å². The van der Waals surface area contributed by atoms with Gasteiger partial charge in [-0.25, -0.2) is 4.79 Å². The van der Waals surface area contributed by atoms with Crippen LogP contribution in [0.5, 0.6) is 0 Å². The van der Waals surface area contributed by atoms with E-state index in [2.05, 4.69) is 0 Å². The van der Waals surface area contributed by atoms with Crippen LogP contribution in [0.15, 0.2) is 42.5 Å². The van der Waals surface area contributed by atoms with Crippen LogP contribution in [0.25, 0.3) is 6.08 Å². The molecule has 0 aliphatic heterocycles. The zero-order valence-corrected chi connectivity index (χ0v) is 14.4. The lowest BCUT2D eigenvalue weighted by molar-refractivity contribution is -0.139. The second-order valence-corrected chi connectivity index (χ2v) is 6.09. The molecule has 0 spiro atoms. The summed E-state index contributed by atoms with van der Waals surface area (Å²) in [6.45, 7) is 0. The van der Waals surface area contributed by atoms with E-state index in [0.29, 0.717) is 0 Å². The number of hydrogen-bond donors (Lipinski definition) is 1. The van der Waals surface area contributed by atoms with Crippen molar-refractivity contribution < 1.29 is 23.1 Å². The maximum Gasteiger partial charge on any atom is 0.399 e. The second kappa shape index (κ2) is 7.81. The summed E-state index contributed by atoms with van der Waals surface area (Å²) in [6.07, 6.45) is -2.49. The Hall–Kier alpha value is -2.49. The Morgan fingerprint density at radius 2 is 1.85 bits per heavy atom. The summed E-state index contributed by atoms with van der Waals surface area (Å²) in [5.74, 6) is -3.23. The van der Waals surface area contributed by atoms with Gasteiger partial charge in [-0.3, -0.25) is 0 Å². The Labute approximate surface area is 156 Å². The van der Waals surface area contributed by atoms with Crippen LogP contribution in [0.3, 0.4) is 0 Å². The summed E-state index contributed by atoms with van der Waals surface area (Å²) in [5.41, 5.74) is -0.189. The number of carbonyl (C=O) groups is 1. The lowest BCUT2D eigenvalue weighted by Gasteiger charge is -2.18. The summed E-state index contributed by atoms with van der Waals surface area (Å²) in [7, 11) is 0. The van der Waals surface area contributed by atoms with Crippen LogP contribution in [-0.2, 0) is 0 Å². The van der Waals surface area contributed by atoms with Gasteiger partial charge < -0.3 is 5.11 Å². The minimum Gasteiger partial charge on any atom is -0.478 e. The van der Waals surface area contributed by atoms with Crippen molar-refractivity contribution >= 4 is 35.2 Å². The molecule has 0 heterocycles. The van der Waals surface area contributed by atoms with Gasteiger partial charge in [-0.2, -0.15) is 18.4 Å². The molecule has 0 fully saturated rings. The van der Waals surface area contributed by atoms with E-state index in [4.69, 9.17) is 33.6 Å². The lowest BCUT2D eigenvalue weighted by atomic mass is 9.96. The van der Waals surface area contributed by atoms with Crippen LogP contribution in [0, 0.1) is 11.3 Å². The molecule has 0 aromatic heterocycles. The molecule has 134 valence electrons. The quantitative estimate of drug-likeness (QED) is 0.693. The molecule has 0 aliphatic rings. The van der Waals surface area contributed by atoms with Crippen LogP contribution >= 0.6 is 23.2 Å². The van der Waals surface area contributed by atoms with Crippen molar-refractivity contribution in [3.63, 3.8) is 0 Å². The fourth-order valence-corrected chi connectivity index (χ4v) is 2.57. The third-order valence-electron chi connectivity index (χ3n) is 3.53. The molecular weight excluding hydrogens is 390 g/mol. The second-order valence-electron chi connectivity index (χ2n) is 5.27. The molecule has 0 amide bonds. The first-order valence-corrected chi connectivity index (χ1v) is 7.86. The zero-order valence-electron chi connectivity index (χ0n) is 12.9. The molecular formula is C18H10Cl2F3NO2. The number of benzene rings is 2. The Kier molecular flexibility index (Phi) is 5.96. The van der Waals surface area contributed by atoms with Crippen LogP contribution in [0.4, 0.5) is 13.2 Å². The lowest BCUT2D eigenvalue weighted by Crippen LogP contribution is -2.18. The number of nitriles is 1. The van der Waals surface area contributed by atoms with Gasteiger partial charge >= 0.3 is 12.1 Å². The highest BCUT2D eigenvalue weighted by Gasteiger charge is 2.39. The summed E-state index contributed by atoms with van der Waals surface area (Å²) < 4.78 is 40.2. The monoisotopic (exact) mass is 399 g/mol. The first-order valence-electron chi connectivity index (χ1n) is 7.11. The number of hydrogen-bond acceptors (Lipinski definition) is 2. The van der Waals surface area contributed by atoms with Crippen LogP contribution in [0.2, 0.25) is 10.0 Å².